The van der Waals surface area contributed by atoms with E-state index in [1.807, 2.05) is 18.7 Å². The lowest BCUT2D eigenvalue weighted by atomic mass is 10.2. The predicted molar refractivity (Wildman–Crippen MR) is 78.4 cm³/mol. The Balaban J connectivity index is -0.000000709. The summed E-state index contributed by atoms with van der Waals surface area (Å²) in [7, 11) is 0. The molecule has 106 valence electrons. The Morgan fingerprint density at radius 2 is 1.71 bits per heavy atom. The average Bonchev–Trinajstić information content (AvgIpc) is 2.35. The molecule has 0 radical (unpaired) electrons. The number of carbonyl (C=O) groups excluding carboxylic acids is 1. The van der Waals surface area contributed by atoms with Gasteiger partial charge in [0.25, 0.3) is 0 Å². The molecular formula is C14H34N2O. The molecule has 0 spiro atoms. The zero-order chi connectivity index (χ0) is 13.5. The Labute approximate surface area is 109 Å². The van der Waals surface area contributed by atoms with E-state index >= 15 is 0 Å². The van der Waals surface area contributed by atoms with Gasteiger partial charge < -0.3 is 10.2 Å². The van der Waals surface area contributed by atoms with Gasteiger partial charge in [-0.25, -0.2) is 0 Å². The van der Waals surface area contributed by atoms with Gasteiger partial charge in [-0.2, -0.15) is 0 Å². The van der Waals surface area contributed by atoms with E-state index in [9.17, 15) is 4.79 Å². The van der Waals surface area contributed by atoms with Gasteiger partial charge >= 0.3 is 0 Å². The van der Waals surface area contributed by atoms with Crippen LogP contribution in [0.25, 0.3) is 0 Å². The second kappa shape index (κ2) is 15.4. The van der Waals surface area contributed by atoms with Gasteiger partial charge in [0.2, 0.25) is 5.91 Å². The first-order chi connectivity index (χ1) is 8.22. The molecule has 0 unspecified atom stereocenters. The van der Waals surface area contributed by atoms with E-state index in [0.29, 0.717) is 0 Å². The minimum Gasteiger partial charge on any atom is -0.343 e. The standard InChI is InChI=1S/C12H26N2O.C2H6.H2/c1-4-6-10-14(12(3)15)11-8-7-9-13-5-2;1-2;/h13H,4-11H2,1-3H3;1-2H3;1H. The third kappa shape index (κ3) is 13.4. The molecule has 1 N–H and O–H groups in total. The zero-order valence-corrected chi connectivity index (χ0v) is 12.5. The van der Waals surface area contributed by atoms with Crippen LogP contribution in [0.5, 0.6) is 0 Å². The molecule has 0 rings (SSSR count). The molecule has 0 aliphatic rings. The first kappa shape index (κ1) is 18.8. The van der Waals surface area contributed by atoms with Crippen molar-refractivity contribution >= 4 is 5.91 Å². The molecule has 17 heavy (non-hydrogen) atoms. The molecule has 0 fully saturated rings. The SMILES string of the molecule is CC.CCCCN(CCCCNCC)C(C)=O.[HH]. The van der Waals surface area contributed by atoms with Crippen LogP contribution in [0, 0.1) is 0 Å². The quantitative estimate of drug-likeness (QED) is 0.633. The Bertz CT molecular complexity index is 166. The largest absolute Gasteiger partial charge is 0.343 e. The van der Waals surface area contributed by atoms with Crippen molar-refractivity contribution in [3.63, 3.8) is 0 Å². The average molecular weight is 246 g/mol. The number of hydrogen-bond donors (Lipinski definition) is 1. The lowest BCUT2D eigenvalue weighted by Gasteiger charge is -2.20. The van der Waals surface area contributed by atoms with Crippen molar-refractivity contribution in [2.24, 2.45) is 0 Å². The topological polar surface area (TPSA) is 32.3 Å². The Morgan fingerprint density at radius 1 is 1.12 bits per heavy atom. The van der Waals surface area contributed by atoms with Crippen LogP contribution < -0.4 is 5.32 Å². The molecule has 0 aromatic rings. The van der Waals surface area contributed by atoms with E-state index < -0.39 is 0 Å². The highest BCUT2D eigenvalue weighted by Crippen LogP contribution is 1.99. The molecule has 0 bridgehead atoms. The van der Waals surface area contributed by atoms with E-state index in [1.54, 1.807) is 6.92 Å². The fraction of sp³-hybridized carbons (Fsp3) is 0.929. The van der Waals surface area contributed by atoms with Gasteiger partial charge in [-0.15, -0.1) is 0 Å². The molecule has 0 aromatic heterocycles. The number of nitrogens with zero attached hydrogens (tertiary/aromatic N) is 1. The van der Waals surface area contributed by atoms with Crippen LogP contribution >= 0.6 is 0 Å². The molecule has 3 heteroatoms. The maximum Gasteiger partial charge on any atom is 0.219 e. The normalized spacial score (nSPS) is 9.47. The number of hydrogen-bond acceptors (Lipinski definition) is 2. The fourth-order valence-corrected chi connectivity index (χ4v) is 1.51. The van der Waals surface area contributed by atoms with Crippen molar-refractivity contribution in [2.75, 3.05) is 26.2 Å². The third-order valence-electron chi connectivity index (χ3n) is 2.51. The van der Waals surface area contributed by atoms with E-state index in [4.69, 9.17) is 0 Å². The fourth-order valence-electron chi connectivity index (χ4n) is 1.51. The van der Waals surface area contributed by atoms with Crippen LogP contribution in [0.1, 0.15) is 61.7 Å². The molecule has 1 amide bonds. The summed E-state index contributed by atoms with van der Waals surface area (Å²) >= 11 is 0. The smallest absolute Gasteiger partial charge is 0.219 e. The zero-order valence-electron chi connectivity index (χ0n) is 12.5. The summed E-state index contributed by atoms with van der Waals surface area (Å²) in [5.41, 5.74) is 0. The highest BCUT2D eigenvalue weighted by atomic mass is 16.2. The van der Waals surface area contributed by atoms with Gasteiger partial charge in [0.1, 0.15) is 0 Å². The van der Waals surface area contributed by atoms with Crippen LogP contribution in [0.3, 0.4) is 0 Å². The molecule has 0 atom stereocenters. The summed E-state index contributed by atoms with van der Waals surface area (Å²) in [6, 6.07) is 0. The first-order valence-corrected chi connectivity index (χ1v) is 7.18. The maximum absolute atomic E-state index is 11.3. The number of rotatable bonds is 9. The lowest BCUT2D eigenvalue weighted by Crippen LogP contribution is -2.31. The summed E-state index contributed by atoms with van der Waals surface area (Å²) in [5, 5.41) is 3.29. The molecule has 3 nitrogen and oxygen atoms in total. The first-order valence-electron chi connectivity index (χ1n) is 7.18. The van der Waals surface area contributed by atoms with Crippen molar-refractivity contribution < 1.29 is 6.22 Å². The molecule has 0 aliphatic carbocycles. The Kier molecular flexibility index (Phi) is 17.1. The summed E-state index contributed by atoms with van der Waals surface area (Å²) in [6.07, 6.45) is 4.54. The van der Waals surface area contributed by atoms with Crippen molar-refractivity contribution in [3.05, 3.63) is 0 Å². The Morgan fingerprint density at radius 3 is 2.18 bits per heavy atom. The van der Waals surface area contributed by atoms with Crippen LogP contribution in [0.4, 0.5) is 0 Å². The van der Waals surface area contributed by atoms with Crippen LogP contribution in [0.2, 0.25) is 0 Å². The van der Waals surface area contributed by atoms with Crippen molar-refractivity contribution in [3.8, 4) is 0 Å². The van der Waals surface area contributed by atoms with Crippen LogP contribution in [0.15, 0.2) is 0 Å². The summed E-state index contributed by atoms with van der Waals surface area (Å²) in [6.45, 7) is 13.9. The highest BCUT2D eigenvalue weighted by Gasteiger charge is 2.06. The lowest BCUT2D eigenvalue weighted by molar-refractivity contribution is -0.129. The van der Waals surface area contributed by atoms with Crippen molar-refractivity contribution in [1.82, 2.24) is 10.2 Å². The monoisotopic (exact) mass is 246 g/mol. The molecule has 0 aliphatic heterocycles. The molecule has 0 saturated heterocycles. The van der Waals surface area contributed by atoms with E-state index in [-0.39, 0.29) is 7.33 Å². The van der Waals surface area contributed by atoms with Crippen molar-refractivity contribution in [2.45, 2.75) is 60.3 Å². The minimum atomic E-state index is 0. The van der Waals surface area contributed by atoms with E-state index in [2.05, 4.69) is 19.2 Å². The second-order valence-corrected chi connectivity index (χ2v) is 3.92. The third-order valence-corrected chi connectivity index (χ3v) is 2.51. The van der Waals surface area contributed by atoms with Gasteiger partial charge in [0.05, 0.1) is 0 Å². The molecule has 0 aromatic carbocycles. The van der Waals surface area contributed by atoms with Gasteiger partial charge in [-0.05, 0) is 32.4 Å². The summed E-state index contributed by atoms with van der Waals surface area (Å²) in [5.74, 6) is 0.215. The Hall–Kier alpha value is -0.570. The molecular weight excluding hydrogens is 212 g/mol. The van der Waals surface area contributed by atoms with Crippen LogP contribution in [-0.4, -0.2) is 37.0 Å². The van der Waals surface area contributed by atoms with Crippen molar-refractivity contribution in [1.29, 1.82) is 0 Å². The highest BCUT2D eigenvalue weighted by molar-refractivity contribution is 5.73. The summed E-state index contributed by atoms with van der Waals surface area (Å²) in [4.78, 5) is 13.2. The second-order valence-electron chi connectivity index (χ2n) is 3.92. The predicted octanol–water partition coefficient (Wildman–Crippen LogP) is 3.30. The summed E-state index contributed by atoms with van der Waals surface area (Å²) < 4.78 is 0. The maximum atomic E-state index is 11.3. The molecule has 0 heterocycles. The van der Waals surface area contributed by atoms with E-state index in [1.165, 1.54) is 0 Å². The number of nitrogens with one attached hydrogen (secondary N) is 1. The van der Waals surface area contributed by atoms with Gasteiger partial charge in [0.15, 0.2) is 0 Å². The van der Waals surface area contributed by atoms with Gasteiger partial charge in [-0.1, -0.05) is 34.1 Å². The van der Waals surface area contributed by atoms with E-state index in [0.717, 1.165) is 51.9 Å². The van der Waals surface area contributed by atoms with Gasteiger partial charge in [0, 0.05) is 21.4 Å². The number of amides is 1. The van der Waals surface area contributed by atoms with Gasteiger partial charge in [-0.3, -0.25) is 4.79 Å². The number of carbonyl (C=O) groups is 1. The molecule has 0 saturated carbocycles. The number of unbranched alkanes of at least 4 members (excludes halogenated alkanes) is 2. The van der Waals surface area contributed by atoms with Crippen LogP contribution in [-0.2, 0) is 4.79 Å². The minimum absolute atomic E-state index is 0.